The average Bonchev–Trinajstić information content (AvgIpc) is 3.04. The van der Waals surface area contributed by atoms with Crippen LogP contribution in [0.4, 0.5) is 0 Å². The van der Waals surface area contributed by atoms with Gasteiger partial charge in [0.2, 0.25) is 0 Å². The number of carboxylic acid groups (broad SMARTS) is 1. The van der Waals surface area contributed by atoms with Crippen molar-refractivity contribution < 1.29 is 9.90 Å². The van der Waals surface area contributed by atoms with Gasteiger partial charge in [-0.15, -0.1) is 0 Å². The van der Waals surface area contributed by atoms with E-state index in [0.29, 0.717) is 11.5 Å². The van der Waals surface area contributed by atoms with E-state index in [9.17, 15) is 4.79 Å². The Bertz CT molecular complexity index is 519. The van der Waals surface area contributed by atoms with Gasteiger partial charge in [0.15, 0.2) is 0 Å². The van der Waals surface area contributed by atoms with Crippen molar-refractivity contribution in [3.63, 3.8) is 0 Å². The first kappa shape index (κ1) is 12.0. The quantitative estimate of drug-likeness (QED) is 0.808. The lowest BCUT2D eigenvalue weighted by Crippen LogP contribution is -2.16. The minimum absolute atomic E-state index is 0.289. The van der Waals surface area contributed by atoms with Crippen molar-refractivity contribution in [2.75, 3.05) is 0 Å². The third-order valence-corrected chi connectivity index (χ3v) is 3.65. The number of carbonyl (C=O) groups is 1. The summed E-state index contributed by atoms with van der Waals surface area (Å²) in [5, 5.41) is 9.16. The molecule has 1 aromatic rings. The fourth-order valence-corrected chi connectivity index (χ4v) is 2.43. The lowest BCUT2D eigenvalue weighted by molar-refractivity contribution is 0.0696. The lowest BCUT2D eigenvalue weighted by Gasteiger charge is -2.16. The molecule has 1 aromatic carbocycles. The normalized spacial score (nSPS) is 14.7. The van der Waals surface area contributed by atoms with Crippen LogP contribution in [0, 0.1) is 13.8 Å². The smallest absolute Gasteiger partial charge is 0.335 e. The van der Waals surface area contributed by atoms with Gasteiger partial charge in [-0.05, 0) is 55.4 Å². The van der Waals surface area contributed by atoms with E-state index in [4.69, 9.17) is 23.1 Å². The molecular weight excluding hydrogens is 234 g/mol. The molecule has 3 nitrogen and oxygen atoms in total. The summed E-state index contributed by atoms with van der Waals surface area (Å²) < 4.78 is 0. The Hall–Kier alpha value is -1.42. The van der Waals surface area contributed by atoms with Gasteiger partial charge in [0.1, 0.15) is 4.99 Å². The molecule has 0 spiro atoms. The molecule has 0 radical (unpaired) electrons. The Morgan fingerprint density at radius 2 is 1.94 bits per heavy atom. The molecule has 0 aromatic heterocycles. The van der Waals surface area contributed by atoms with E-state index in [1.165, 1.54) is 0 Å². The monoisotopic (exact) mass is 249 g/mol. The van der Waals surface area contributed by atoms with Gasteiger partial charge in [-0.3, -0.25) is 0 Å². The van der Waals surface area contributed by atoms with Gasteiger partial charge in [-0.1, -0.05) is 12.2 Å². The van der Waals surface area contributed by atoms with Crippen LogP contribution < -0.4 is 5.73 Å². The third kappa shape index (κ3) is 2.05. The van der Waals surface area contributed by atoms with Crippen LogP contribution in [0.5, 0.6) is 0 Å². The van der Waals surface area contributed by atoms with Crippen LogP contribution in [0.3, 0.4) is 0 Å². The largest absolute Gasteiger partial charge is 0.478 e. The van der Waals surface area contributed by atoms with Crippen molar-refractivity contribution in [3.8, 4) is 0 Å². The highest BCUT2D eigenvalue weighted by atomic mass is 32.1. The van der Waals surface area contributed by atoms with E-state index in [1.807, 2.05) is 13.8 Å². The summed E-state index contributed by atoms with van der Waals surface area (Å²) in [6.07, 6.45) is 2.28. The van der Waals surface area contributed by atoms with Gasteiger partial charge in [0.25, 0.3) is 0 Å². The van der Waals surface area contributed by atoms with E-state index in [2.05, 4.69) is 0 Å². The predicted molar refractivity (Wildman–Crippen MR) is 70.7 cm³/mol. The van der Waals surface area contributed by atoms with Crippen LogP contribution in [0.15, 0.2) is 6.07 Å². The standard InChI is InChI=1S/C13H15NO2S/c1-6-7(2)11(8-3-4-8)10(12(14)17)5-9(6)13(15)16/h5,8H,3-4H2,1-2H3,(H2,14,17)(H,15,16). The van der Waals surface area contributed by atoms with Gasteiger partial charge in [0.05, 0.1) is 5.56 Å². The zero-order chi connectivity index (χ0) is 12.7. The number of hydrogen-bond donors (Lipinski definition) is 2. The van der Waals surface area contributed by atoms with Crippen molar-refractivity contribution in [2.24, 2.45) is 5.73 Å². The molecule has 0 saturated heterocycles. The number of rotatable bonds is 3. The minimum atomic E-state index is -0.926. The molecule has 0 aliphatic heterocycles. The highest BCUT2D eigenvalue weighted by molar-refractivity contribution is 7.80. The summed E-state index contributed by atoms with van der Waals surface area (Å²) >= 11 is 5.03. The van der Waals surface area contributed by atoms with Crippen molar-refractivity contribution in [1.29, 1.82) is 0 Å². The van der Waals surface area contributed by atoms with Gasteiger partial charge in [-0.2, -0.15) is 0 Å². The van der Waals surface area contributed by atoms with Crippen LogP contribution in [-0.2, 0) is 0 Å². The Morgan fingerprint density at radius 3 is 2.35 bits per heavy atom. The molecule has 17 heavy (non-hydrogen) atoms. The van der Waals surface area contributed by atoms with Gasteiger partial charge in [0, 0.05) is 5.56 Å². The first-order valence-corrected chi connectivity index (χ1v) is 6.01. The van der Waals surface area contributed by atoms with Crippen LogP contribution >= 0.6 is 12.2 Å². The third-order valence-electron chi connectivity index (χ3n) is 3.43. The van der Waals surface area contributed by atoms with Crippen molar-refractivity contribution in [3.05, 3.63) is 33.9 Å². The molecule has 0 atom stereocenters. The second-order valence-corrected chi connectivity index (χ2v) is 5.02. The summed E-state index contributed by atoms with van der Waals surface area (Å²) in [5.41, 5.74) is 9.74. The van der Waals surface area contributed by atoms with E-state index in [1.54, 1.807) is 6.07 Å². The second-order valence-electron chi connectivity index (χ2n) is 4.58. The molecular formula is C13H15NO2S. The number of thiocarbonyl (C=S) groups is 1. The van der Waals surface area contributed by atoms with E-state index in [-0.39, 0.29) is 4.99 Å². The average molecular weight is 249 g/mol. The van der Waals surface area contributed by atoms with Crippen molar-refractivity contribution in [1.82, 2.24) is 0 Å². The van der Waals surface area contributed by atoms with Gasteiger partial charge >= 0.3 is 5.97 Å². The Kier molecular flexibility index (Phi) is 2.91. The topological polar surface area (TPSA) is 63.3 Å². The van der Waals surface area contributed by atoms with E-state index in [0.717, 1.165) is 35.1 Å². The highest BCUT2D eigenvalue weighted by Crippen LogP contribution is 2.44. The Morgan fingerprint density at radius 1 is 1.35 bits per heavy atom. The SMILES string of the molecule is Cc1c(C(=O)O)cc(C(N)=S)c(C2CC2)c1C. The van der Waals surface area contributed by atoms with E-state index < -0.39 is 5.97 Å². The lowest BCUT2D eigenvalue weighted by atomic mass is 9.90. The van der Waals surface area contributed by atoms with Crippen molar-refractivity contribution in [2.45, 2.75) is 32.6 Å². The fourth-order valence-electron chi connectivity index (χ4n) is 2.26. The van der Waals surface area contributed by atoms with Gasteiger partial charge in [-0.25, -0.2) is 4.79 Å². The zero-order valence-corrected chi connectivity index (χ0v) is 10.7. The minimum Gasteiger partial charge on any atom is -0.478 e. The molecule has 0 bridgehead atoms. The molecule has 1 aliphatic carbocycles. The van der Waals surface area contributed by atoms with Crippen LogP contribution in [0.1, 0.15) is 51.4 Å². The van der Waals surface area contributed by atoms with Crippen LogP contribution in [0.2, 0.25) is 0 Å². The maximum Gasteiger partial charge on any atom is 0.335 e. The molecule has 0 heterocycles. The zero-order valence-electron chi connectivity index (χ0n) is 9.91. The van der Waals surface area contributed by atoms with Crippen LogP contribution in [-0.4, -0.2) is 16.1 Å². The first-order chi connectivity index (χ1) is 7.93. The summed E-state index contributed by atoms with van der Waals surface area (Å²) in [6.45, 7) is 3.80. The molecule has 0 unspecified atom stereocenters. The molecule has 1 fully saturated rings. The second kappa shape index (κ2) is 4.11. The van der Waals surface area contributed by atoms with Gasteiger partial charge < -0.3 is 10.8 Å². The molecule has 2 rings (SSSR count). The number of nitrogens with two attached hydrogens (primary N) is 1. The number of benzene rings is 1. The summed E-state index contributed by atoms with van der Waals surface area (Å²) in [5.74, 6) is -0.418. The number of hydrogen-bond acceptors (Lipinski definition) is 2. The summed E-state index contributed by atoms with van der Waals surface area (Å²) in [6, 6.07) is 1.63. The molecule has 4 heteroatoms. The Balaban J connectivity index is 2.71. The number of carboxylic acids is 1. The maximum atomic E-state index is 11.2. The molecule has 0 amide bonds. The predicted octanol–water partition coefficient (Wildman–Crippen LogP) is 2.51. The van der Waals surface area contributed by atoms with E-state index >= 15 is 0 Å². The summed E-state index contributed by atoms with van der Waals surface area (Å²) in [7, 11) is 0. The molecule has 3 N–H and O–H groups in total. The van der Waals surface area contributed by atoms with Crippen LogP contribution in [0.25, 0.3) is 0 Å². The molecule has 1 saturated carbocycles. The first-order valence-electron chi connectivity index (χ1n) is 5.60. The number of aromatic carboxylic acids is 1. The highest BCUT2D eigenvalue weighted by Gasteiger charge is 2.30. The summed E-state index contributed by atoms with van der Waals surface area (Å²) in [4.78, 5) is 11.5. The fraction of sp³-hybridized carbons (Fsp3) is 0.385. The molecule has 90 valence electrons. The Labute approximate surface area is 106 Å². The molecule has 1 aliphatic rings. The van der Waals surface area contributed by atoms with Crippen molar-refractivity contribution >= 4 is 23.2 Å². The maximum absolute atomic E-state index is 11.2.